The van der Waals surface area contributed by atoms with Crippen molar-refractivity contribution in [1.82, 2.24) is 10.9 Å². The molecule has 5 rings (SSSR count). The zero-order chi connectivity index (χ0) is 32.9. The molecule has 1 heterocycles. The van der Waals surface area contributed by atoms with Gasteiger partial charge in [-0.3, -0.25) is 25.2 Å². The molecule has 11 nitrogen and oxygen atoms in total. The van der Waals surface area contributed by atoms with Gasteiger partial charge in [0, 0.05) is 41.6 Å². The van der Waals surface area contributed by atoms with Crippen LogP contribution in [0.1, 0.15) is 72.3 Å². The summed E-state index contributed by atoms with van der Waals surface area (Å²) in [6.45, 7) is 8.46. The van der Waals surface area contributed by atoms with Gasteiger partial charge < -0.3 is 24.3 Å². The third-order valence-electron chi connectivity index (χ3n) is 11.3. The average molecular weight is 629 g/mol. The second kappa shape index (κ2) is 12.1. The van der Waals surface area contributed by atoms with Crippen LogP contribution in [0.25, 0.3) is 0 Å². The zero-order valence-corrected chi connectivity index (χ0v) is 26.4. The topological polar surface area (TPSA) is 160 Å². The molecule has 3 aliphatic carbocycles. The van der Waals surface area contributed by atoms with E-state index in [2.05, 4.69) is 17.8 Å². The molecule has 13 heteroatoms. The molecule has 45 heavy (non-hydrogen) atoms. The molecular weight excluding hydrogens is 586 g/mol. The van der Waals surface area contributed by atoms with E-state index in [-0.39, 0.29) is 41.9 Å². The third-order valence-corrected chi connectivity index (χ3v) is 11.3. The lowest BCUT2D eigenvalue weighted by Gasteiger charge is -2.61. The highest BCUT2D eigenvalue weighted by atomic mass is 19.1. The maximum absolute atomic E-state index is 15.1. The minimum absolute atomic E-state index is 0.0224. The van der Waals surface area contributed by atoms with Crippen molar-refractivity contribution in [2.45, 2.75) is 85.5 Å². The van der Waals surface area contributed by atoms with Crippen LogP contribution in [0, 0.1) is 39.8 Å². The molecule has 0 unspecified atom stereocenters. The first-order valence-electron chi connectivity index (χ1n) is 15.5. The number of rotatable bonds is 6. The van der Waals surface area contributed by atoms with Crippen LogP contribution >= 0.6 is 0 Å². The zero-order valence-electron chi connectivity index (χ0n) is 26.4. The Bertz CT molecular complexity index is 1420. The van der Waals surface area contributed by atoms with Gasteiger partial charge in [0.1, 0.15) is 11.9 Å². The van der Waals surface area contributed by atoms with Gasteiger partial charge in [-0.25, -0.2) is 9.18 Å². The molecule has 0 saturated heterocycles. The highest BCUT2D eigenvalue weighted by Gasteiger charge is 2.68. The summed E-state index contributed by atoms with van der Waals surface area (Å²) in [6, 6.07) is 2.92. The van der Waals surface area contributed by atoms with Crippen molar-refractivity contribution in [3.8, 4) is 5.75 Å². The number of Topliss-reactive ketones (excluding diaryl/α,β-unsaturated/α-hetero) is 1. The summed E-state index contributed by atoms with van der Waals surface area (Å²) in [6.07, 6.45) is 3.52. The maximum atomic E-state index is 15.1. The Labute approximate surface area is 262 Å². The van der Waals surface area contributed by atoms with Gasteiger partial charge in [0.15, 0.2) is 18.2 Å². The van der Waals surface area contributed by atoms with Crippen molar-refractivity contribution in [2.75, 3.05) is 6.61 Å². The van der Waals surface area contributed by atoms with Crippen molar-refractivity contribution >= 4 is 36.1 Å². The van der Waals surface area contributed by atoms with Crippen LogP contribution in [0.5, 0.6) is 5.75 Å². The van der Waals surface area contributed by atoms with E-state index >= 15 is 4.39 Å². The number of ketones is 1. The van der Waals surface area contributed by atoms with Crippen molar-refractivity contribution in [1.29, 1.82) is 0 Å². The number of amides is 2. The average Bonchev–Trinajstić information content (AvgIpc) is 3.55. The van der Waals surface area contributed by atoms with E-state index in [4.69, 9.17) is 14.1 Å². The third kappa shape index (κ3) is 5.67. The molecule has 1 aliphatic heterocycles. The molecule has 1 aromatic rings. The molecule has 0 radical (unpaired) electrons. The van der Waals surface area contributed by atoms with E-state index in [1.807, 2.05) is 13.8 Å². The summed E-state index contributed by atoms with van der Waals surface area (Å²) in [5.74, 6) is -3.60. The minimum Gasteiger partial charge on any atom is -0.479 e. The minimum atomic E-state index is -1.43. The summed E-state index contributed by atoms with van der Waals surface area (Å²) in [5, 5.41) is 21.9. The first-order valence-corrected chi connectivity index (χ1v) is 15.5. The van der Waals surface area contributed by atoms with Crippen molar-refractivity contribution < 1.29 is 47.8 Å². The van der Waals surface area contributed by atoms with Gasteiger partial charge >= 0.3 is 13.1 Å². The molecule has 3 fully saturated rings. The fraction of sp³-hybridized carbons (Fsp3) is 0.625. The summed E-state index contributed by atoms with van der Waals surface area (Å²) in [5.41, 5.74) is 2.55. The molecule has 0 aromatic heterocycles. The normalized spacial score (nSPS) is 35.7. The second-order valence-electron chi connectivity index (χ2n) is 13.8. The molecular formula is C32H42BFN2O9. The predicted octanol–water partition coefficient (Wildman–Crippen LogP) is 1.87. The van der Waals surface area contributed by atoms with Crippen LogP contribution < -0.4 is 21.1 Å². The van der Waals surface area contributed by atoms with Crippen molar-refractivity contribution in [3.05, 3.63) is 35.7 Å². The number of carbonyl (C=O) groups is 4. The van der Waals surface area contributed by atoms with Crippen LogP contribution in [0.3, 0.4) is 0 Å². The van der Waals surface area contributed by atoms with Crippen molar-refractivity contribution in [2.24, 2.45) is 34.0 Å². The van der Waals surface area contributed by atoms with E-state index in [9.17, 15) is 29.3 Å². The number of hydrogen-bond acceptors (Lipinski definition) is 9. The maximum Gasteiger partial charge on any atom is 0.494 e. The Kier molecular flexibility index (Phi) is 8.93. The lowest BCUT2D eigenvalue weighted by Crippen LogP contribution is -2.63. The summed E-state index contributed by atoms with van der Waals surface area (Å²) in [7, 11) is -1.43. The standard InChI is InChI=1S/C32H42BFN2O9/c1-17-8-12-32-13-9-21(38)28(32)31(17,5)23(14-30(4,29(41)18(32)2)11-10-24(39)36-35-19(3)37)45-25(40)16-43-22-7-6-20-15-44-33(42)26(20)27(22)34/h6-7,10-11,17-18,23,28-29,41-42H,8-9,12-16H2,1-5H3,(H,35,37)(H,36,39)/b11-10+/t17-,18+,23-,28+,29+,30-,31+,32+/m1/s1. The molecule has 2 amide bonds. The van der Waals surface area contributed by atoms with Gasteiger partial charge in [-0.05, 0) is 54.6 Å². The second-order valence-corrected chi connectivity index (χ2v) is 13.8. The van der Waals surface area contributed by atoms with E-state index in [1.165, 1.54) is 19.1 Å². The first-order chi connectivity index (χ1) is 21.1. The van der Waals surface area contributed by atoms with Gasteiger partial charge in [0.2, 0.25) is 5.91 Å². The smallest absolute Gasteiger partial charge is 0.479 e. The Morgan fingerprint density at radius 3 is 2.64 bits per heavy atom. The summed E-state index contributed by atoms with van der Waals surface area (Å²) in [4.78, 5) is 50.9. The molecule has 8 atom stereocenters. The Hall–Kier alpha value is -3.29. The van der Waals surface area contributed by atoms with Gasteiger partial charge in [-0.15, -0.1) is 0 Å². The van der Waals surface area contributed by atoms with Crippen LogP contribution in [0.2, 0.25) is 0 Å². The summed E-state index contributed by atoms with van der Waals surface area (Å²) < 4.78 is 31.8. The Morgan fingerprint density at radius 1 is 1.20 bits per heavy atom. The molecule has 3 saturated carbocycles. The number of esters is 1. The number of aliphatic hydroxyl groups is 1. The number of carbonyl (C=O) groups excluding carboxylic acids is 4. The lowest BCUT2D eigenvalue weighted by molar-refractivity contribution is -0.207. The van der Waals surface area contributed by atoms with Gasteiger partial charge in [-0.2, -0.15) is 0 Å². The summed E-state index contributed by atoms with van der Waals surface area (Å²) >= 11 is 0. The monoisotopic (exact) mass is 628 g/mol. The molecule has 4 aliphatic rings. The first kappa shape index (κ1) is 33.1. The van der Waals surface area contributed by atoms with E-state index < -0.39 is 71.7 Å². The molecule has 1 aromatic carbocycles. The highest BCUT2D eigenvalue weighted by molar-refractivity contribution is 6.61. The van der Waals surface area contributed by atoms with Crippen LogP contribution in [-0.4, -0.2) is 59.6 Å². The van der Waals surface area contributed by atoms with Gasteiger partial charge in [0.25, 0.3) is 5.91 Å². The van der Waals surface area contributed by atoms with Gasteiger partial charge in [-0.1, -0.05) is 39.8 Å². The SMILES string of the molecule is CC(=O)NNC(=O)/C=C/[C@]1(C)C[C@@H](OC(=O)COc2ccc3c(c2F)B(O)OC3)[C@]2(C)[C@H](C)CC[C@]3(CCC(=O)[C@H]32)[C@@H](C)[C@@H]1O. The van der Waals surface area contributed by atoms with Gasteiger partial charge in [0.05, 0.1) is 12.7 Å². The van der Waals surface area contributed by atoms with Crippen molar-refractivity contribution in [3.63, 3.8) is 0 Å². The molecule has 4 N–H and O–H groups in total. The van der Waals surface area contributed by atoms with E-state index in [0.29, 0.717) is 18.4 Å². The number of halogens is 1. The largest absolute Gasteiger partial charge is 0.494 e. The fourth-order valence-corrected chi connectivity index (χ4v) is 8.62. The number of hydrogen-bond donors (Lipinski definition) is 4. The van der Waals surface area contributed by atoms with Crippen LogP contribution in [0.15, 0.2) is 24.3 Å². The lowest BCUT2D eigenvalue weighted by atomic mass is 9.44. The van der Waals surface area contributed by atoms with E-state index in [0.717, 1.165) is 12.8 Å². The number of ether oxygens (including phenoxy) is 2. The number of benzene rings is 1. The molecule has 244 valence electrons. The van der Waals surface area contributed by atoms with E-state index in [1.54, 1.807) is 19.1 Å². The predicted molar refractivity (Wildman–Crippen MR) is 160 cm³/mol. The van der Waals surface area contributed by atoms with Crippen LogP contribution in [0.4, 0.5) is 4.39 Å². The quantitative estimate of drug-likeness (QED) is 0.160. The Morgan fingerprint density at radius 2 is 1.93 bits per heavy atom. The number of nitrogens with one attached hydrogen (secondary N) is 2. The fourth-order valence-electron chi connectivity index (χ4n) is 8.62. The number of fused-ring (bicyclic) bond motifs is 1. The highest BCUT2D eigenvalue weighted by Crippen LogP contribution is 2.68. The van der Waals surface area contributed by atoms with Crippen LogP contribution in [-0.2, 0) is 35.2 Å². The molecule has 2 bridgehead atoms. The Balaban J connectivity index is 1.46. The number of aliphatic hydroxyl groups excluding tert-OH is 1. The molecule has 0 spiro atoms. The number of hydrazine groups is 1.